The lowest BCUT2D eigenvalue weighted by Crippen LogP contribution is -2.62. The molecular formula is C37H65N3O8Si. The van der Waals surface area contributed by atoms with E-state index in [1.165, 1.54) is 11.9 Å². The van der Waals surface area contributed by atoms with Gasteiger partial charge in [-0.25, -0.2) is 4.79 Å². The highest BCUT2D eigenvalue weighted by Gasteiger charge is 2.43. The number of amides is 3. The van der Waals surface area contributed by atoms with Crippen LogP contribution in [0.1, 0.15) is 101 Å². The van der Waals surface area contributed by atoms with Gasteiger partial charge in [-0.1, -0.05) is 85.2 Å². The highest BCUT2D eigenvalue weighted by atomic mass is 28.4. The molecular weight excluding hydrogens is 643 g/mol. The standard InChI is InChI=1S/C37H65N3O8Si/c1-15-25(4)31(29(22-30(41)42)48-49(13,14)37(9,10)11)38-34(44)32(26(5)46-23-27-19-17-16-18-20-27)39-33(43)28(21-24(2)3)40(12)35(45)47-36(6,7)8/h16-20,24-26,28-29,31-32H,15,21-23H2,1-14H3,(H,38,44)(H,39,43)(H,41,42)/t25-,26+,28+,29-,31+,32-/m0/s1. The Morgan fingerprint density at radius 2 is 1.49 bits per heavy atom. The van der Waals surface area contributed by atoms with Crippen molar-refractivity contribution in [2.45, 2.75) is 156 Å². The van der Waals surface area contributed by atoms with E-state index in [1.54, 1.807) is 27.7 Å². The molecule has 3 amide bonds. The van der Waals surface area contributed by atoms with Crippen LogP contribution in [0, 0.1) is 11.8 Å². The van der Waals surface area contributed by atoms with Gasteiger partial charge in [-0.3, -0.25) is 19.3 Å². The number of nitrogens with one attached hydrogen (secondary N) is 2. The second-order valence-corrected chi connectivity index (χ2v) is 20.9. The molecule has 3 N–H and O–H groups in total. The predicted molar refractivity (Wildman–Crippen MR) is 196 cm³/mol. The lowest BCUT2D eigenvalue weighted by Gasteiger charge is -2.43. The molecule has 11 nitrogen and oxygen atoms in total. The minimum absolute atomic E-state index is 0.0405. The molecule has 0 spiro atoms. The molecule has 49 heavy (non-hydrogen) atoms. The number of hydrogen-bond acceptors (Lipinski definition) is 7. The molecule has 0 aliphatic heterocycles. The molecule has 0 bridgehead atoms. The number of carboxylic acid groups (broad SMARTS) is 1. The highest BCUT2D eigenvalue weighted by molar-refractivity contribution is 6.74. The van der Waals surface area contributed by atoms with Gasteiger partial charge < -0.3 is 29.6 Å². The number of likely N-dealkylation sites (N-methyl/N-ethyl adjacent to an activating group) is 1. The van der Waals surface area contributed by atoms with Crippen LogP contribution in [0.4, 0.5) is 4.79 Å². The average molecular weight is 708 g/mol. The summed E-state index contributed by atoms with van der Waals surface area (Å²) in [6.45, 7) is 25.3. The van der Waals surface area contributed by atoms with Crippen molar-refractivity contribution in [3.63, 3.8) is 0 Å². The van der Waals surface area contributed by atoms with Gasteiger partial charge in [-0.15, -0.1) is 0 Å². The summed E-state index contributed by atoms with van der Waals surface area (Å²) in [6.07, 6.45) is -1.58. The second-order valence-electron chi connectivity index (χ2n) is 16.2. The van der Waals surface area contributed by atoms with Crippen LogP contribution in [0.3, 0.4) is 0 Å². The molecule has 0 saturated carbocycles. The maximum atomic E-state index is 14.3. The molecule has 1 aromatic carbocycles. The SMILES string of the molecule is CC[C@H](C)[C@@H](NC(=O)[C@@H](NC(=O)[C@@H](CC(C)C)N(C)C(=O)OC(C)(C)C)[C@@H](C)OCc1ccccc1)[C@H](CC(=O)O)O[Si](C)(C)C(C)(C)C. The lowest BCUT2D eigenvalue weighted by molar-refractivity contribution is -0.141. The number of carbonyl (C=O) groups is 4. The van der Waals surface area contributed by atoms with Crippen molar-refractivity contribution >= 4 is 32.2 Å². The Morgan fingerprint density at radius 3 is 1.96 bits per heavy atom. The van der Waals surface area contributed by atoms with Crippen molar-refractivity contribution in [1.82, 2.24) is 15.5 Å². The fourth-order valence-electron chi connectivity index (χ4n) is 4.97. The first-order chi connectivity index (χ1) is 22.4. The molecule has 1 aromatic rings. The van der Waals surface area contributed by atoms with Crippen LogP contribution in [0.15, 0.2) is 30.3 Å². The fraction of sp³-hybridized carbons (Fsp3) is 0.730. The van der Waals surface area contributed by atoms with Crippen molar-refractivity contribution in [1.29, 1.82) is 0 Å². The van der Waals surface area contributed by atoms with E-state index >= 15 is 0 Å². The van der Waals surface area contributed by atoms with Crippen LogP contribution < -0.4 is 10.6 Å². The topological polar surface area (TPSA) is 144 Å². The van der Waals surface area contributed by atoms with Gasteiger partial charge in [0.05, 0.1) is 31.3 Å². The van der Waals surface area contributed by atoms with E-state index in [9.17, 15) is 24.3 Å². The zero-order valence-corrected chi connectivity index (χ0v) is 33.5. The molecule has 1 rings (SSSR count). The molecule has 0 heterocycles. The van der Waals surface area contributed by atoms with Crippen LogP contribution in [-0.4, -0.2) is 85.2 Å². The van der Waals surface area contributed by atoms with Gasteiger partial charge in [0, 0.05) is 7.05 Å². The van der Waals surface area contributed by atoms with E-state index in [4.69, 9.17) is 13.9 Å². The number of carbonyl (C=O) groups excluding carboxylic acids is 3. The van der Waals surface area contributed by atoms with Crippen LogP contribution in [-0.2, 0) is 34.9 Å². The van der Waals surface area contributed by atoms with E-state index in [0.717, 1.165) is 5.56 Å². The van der Waals surface area contributed by atoms with Crippen LogP contribution in [0.5, 0.6) is 0 Å². The third-order valence-corrected chi connectivity index (χ3v) is 13.7. The maximum Gasteiger partial charge on any atom is 0.410 e. The summed E-state index contributed by atoms with van der Waals surface area (Å²) in [4.78, 5) is 54.8. The van der Waals surface area contributed by atoms with Gasteiger partial charge in [0.2, 0.25) is 11.8 Å². The third kappa shape index (κ3) is 14.8. The first kappa shape index (κ1) is 44.1. The summed E-state index contributed by atoms with van der Waals surface area (Å²) < 4.78 is 18.4. The van der Waals surface area contributed by atoms with E-state index in [0.29, 0.717) is 12.8 Å². The summed E-state index contributed by atoms with van der Waals surface area (Å²) in [7, 11) is -0.950. The molecule has 0 radical (unpaired) electrons. The molecule has 6 atom stereocenters. The second kappa shape index (κ2) is 18.9. The Labute approximate surface area is 296 Å². The summed E-state index contributed by atoms with van der Waals surface area (Å²) in [6, 6.07) is 6.71. The van der Waals surface area contributed by atoms with Crippen molar-refractivity contribution < 1.29 is 38.2 Å². The van der Waals surface area contributed by atoms with Crippen molar-refractivity contribution in [2.24, 2.45) is 11.8 Å². The van der Waals surface area contributed by atoms with Crippen LogP contribution in [0.2, 0.25) is 18.1 Å². The monoisotopic (exact) mass is 707 g/mol. The smallest absolute Gasteiger partial charge is 0.410 e. The Bertz CT molecular complexity index is 1210. The molecule has 0 aliphatic carbocycles. The number of hydrogen-bond donors (Lipinski definition) is 3. The van der Waals surface area contributed by atoms with E-state index in [1.807, 2.05) is 58.0 Å². The largest absolute Gasteiger partial charge is 0.481 e. The quantitative estimate of drug-likeness (QED) is 0.142. The number of rotatable bonds is 18. The first-order valence-electron chi connectivity index (χ1n) is 17.5. The highest BCUT2D eigenvalue weighted by Crippen LogP contribution is 2.38. The summed E-state index contributed by atoms with van der Waals surface area (Å²) in [5.74, 6) is -2.20. The van der Waals surface area contributed by atoms with E-state index in [-0.39, 0.29) is 29.9 Å². The molecule has 0 fully saturated rings. The number of benzene rings is 1. The molecule has 280 valence electrons. The Morgan fingerprint density at radius 1 is 0.918 bits per heavy atom. The molecule has 0 aromatic heterocycles. The van der Waals surface area contributed by atoms with Gasteiger partial charge in [-0.2, -0.15) is 0 Å². The van der Waals surface area contributed by atoms with E-state index in [2.05, 4.69) is 44.5 Å². The van der Waals surface area contributed by atoms with Gasteiger partial charge in [0.15, 0.2) is 8.32 Å². The van der Waals surface area contributed by atoms with Crippen molar-refractivity contribution in [3.8, 4) is 0 Å². The Kier molecular flexibility index (Phi) is 17.0. The zero-order chi connectivity index (χ0) is 37.9. The molecule has 12 heteroatoms. The summed E-state index contributed by atoms with van der Waals surface area (Å²) >= 11 is 0. The molecule has 0 aliphatic rings. The maximum absolute atomic E-state index is 14.3. The lowest BCUT2D eigenvalue weighted by atomic mass is 9.92. The predicted octanol–water partition coefficient (Wildman–Crippen LogP) is 6.75. The summed E-state index contributed by atoms with van der Waals surface area (Å²) in [5.41, 5.74) is 0.125. The third-order valence-electron chi connectivity index (χ3n) is 9.15. The van der Waals surface area contributed by atoms with Crippen molar-refractivity contribution in [3.05, 3.63) is 35.9 Å². The number of ether oxygens (including phenoxy) is 2. The Balaban J connectivity index is 3.57. The first-order valence-corrected chi connectivity index (χ1v) is 20.4. The van der Waals surface area contributed by atoms with Gasteiger partial charge in [0.1, 0.15) is 17.7 Å². The molecule has 0 saturated heterocycles. The zero-order valence-electron chi connectivity index (χ0n) is 32.5. The summed E-state index contributed by atoms with van der Waals surface area (Å²) in [5, 5.41) is 15.7. The fourth-order valence-corrected chi connectivity index (χ4v) is 6.31. The van der Waals surface area contributed by atoms with Crippen LogP contribution >= 0.6 is 0 Å². The molecule has 0 unspecified atom stereocenters. The van der Waals surface area contributed by atoms with Gasteiger partial charge in [0.25, 0.3) is 0 Å². The number of nitrogens with zero attached hydrogens (tertiary/aromatic N) is 1. The Hall–Kier alpha value is -2.96. The van der Waals surface area contributed by atoms with Crippen LogP contribution in [0.25, 0.3) is 0 Å². The normalized spacial score (nSPS) is 16.1. The minimum atomic E-state index is -2.46. The number of carboxylic acids is 1. The van der Waals surface area contributed by atoms with Gasteiger partial charge in [-0.05, 0) is 69.6 Å². The van der Waals surface area contributed by atoms with Crippen molar-refractivity contribution in [2.75, 3.05) is 7.05 Å². The number of aliphatic carboxylic acids is 1. The average Bonchev–Trinajstić information content (AvgIpc) is 2.97. The van der Waals surface area contributed by atoms with Gasteiger partial charge >= 0.3 is 12.1 Å². The van der Waals surface area contributed by atoms with E-state index < -0.39 is 68.1 Å². The minimum Gasteiger partial charge on any atom is -0.481 e.